The molecule has 0 bridgehead atoms. The molecule has 6 heteroatoms. The Morgan fingerprint density at radius 1 is 0.403 bits per heavy atom. The zero-order valence-corrected chi connectivity index (χ0v) is 45.4. The Morgan fingerprint density at radius 3 is 1.06 bits per heavy atom. The van der Waals surface area contributed by atoms with Gasteiger partial charge in [0, 0.05) is 12.8 Å². The van der Waals surface area contributed by atoms with Gasteiger partial charge in [0.05, 0.1) is 25.4 Å². The van der Waals surface area contributed by atoms with Gasteiger partial charge in [0.15, 0.2) is 0 Å². The molecule has 6 nitrogen and oxygen atoms in total. The number of aliphatic hydroxyl groups excluding tert-OH is 2. The number of esters is 1. The fourth-order valence-electron chi connectivity index (χ4n) is 9.64. The predicted octanol–water partition coefficient (Wildman–Crippen LogP) is 18.9. The summed E-state index contributed by atoms with van der Waals surface area (Å²) in [4.78, 5) is 24.5. The minimum absolute atomic E-state index is 0.00753. The number of aliphatic hydroxyl groups is 2. The van der Waals surface area contributed by atoms with Gasteiger partial charge < -0.3 is 20.3 Å². The van der Waals surface area contributed by atoms with Crippen molar-refractivity contribution in [2.24, 2.45) is 0 Å². The molecule has 0 aromatic rings. The quantitative estimate of drug-likeness (QED) is 0.0321. The molecule has 0 heterocycles. The van der Waals surface area contributed by atoms with Gasteiger partial charge in [-0.15, -0.1) is 0 Å². The summed E-state index contributed by atoms with van der Waals surface area (Å²) in [6, 6.07) is -0.539. The number of ether oxygens (including phenoxy) is 1. The summed E-state index contributed by atoms with van der Waals surface area (Å²) >= 11 is 0. The van der Waals surface area contributed by atoms with E-state index in [0.717, 1.165) is 44.9 Å². The lowest BCUT2D eigenvalue weighted by Gasteiger charge is -2.22. The Balaban J connectivity index is 3.34. The third kappa shape index (κ3) is 53.8. The van der Waals surface area contributed by atoms with Crippen LogP contribution in [0.15, 0.2) is 12.2 Å². The second-order valence-corrected chi connectivity index (χ2v) is 21.0. The van der Waals surface area contributed by atoms with Crippen molar-refractivity contribution >= 4 is 11.9 Å². The number of nitrogens with one attached hydrogen (secondary N) is 1. The lowest BCUT2D eigenvalue weighted by Crippen LogP contribution is -2.45. The van der Waals surface area contributed by atoms with Crippen molar-refractivity contribution in [2.45, 2.75) is 353 Å². The summed E-state index contributed by atoms with van der Waals surface area (Å²) in [6.07, 6.45) is 67.9. The number of amides is 1. The normalized spacial score (nSPS) is 12.6. The SMILES string of the molecule is CCCCCCCCC/C=C\CCCCCCCC(=O)OCCCCCCCCCCCCCCCCCCCCCCCCCC(=O)NC(CO)C(O)CCCCCCCCCCCCC. The van der Waals surface area contributed by atoms with E-state index in [4.69, 9.17) is 4.74 Å². The molecule has 398 valence electrons. The number of rotatable bonds is 57. The molecule has 0 aliphatic carbocycles. The third-order valence-corrected chi connectivity index (χ3v) is 14.3. The van der Waals surface area contributed by atoms with Crippen LogP contribution in [0.1, 0.15) is 341 Å². The Hall–Kier alpha value is -1.40. The first-order valence-electron chi connectivity index (χ1n) is 30.4. The van der Waals surface area contributed by atoms with Gasteiger partial charge in [0.1, 0.15) is 0 Å². The molecule has 0 aromatic heterocycles. The van der Waals surface area contributed by atoms with E-state index in [2.05, 4.69) is 31.3 Å². The van der Waals surface area contributed by atoms with Crippen LogP contribution in [0.2, 0.25) is 0 Å². The number of carbonyl (C=O) groups is 2. The Morgan fingerprint density at radius 2 is 0.701 bits per heavy atom. The zero-order chi connectivity index (χ0) is 48.6. The van der Waals surface area contributed by atoms with Crippen molar-refractivity contribution in [1.29, 1.82) is 0 Å². The molecule has 1 amide bonds. The monoisotopic (exact) mass is 946 g/mol. The maximum absolute atomic E-state index is 12.4. The first-order valence-corrected chi connectivity index (χ1v) is 30.4. The molecule has 2 unspecified atom stereocenters. The van der Waals surface area contributed by atoms with Crippen molar-refractivity contribution in [1.82, 2.24) is 5.32 Å². The summed E-state index contributed by atoms with van der Waals surface area (Å²) in [6.45, 7) is 4.96. The summed E-state index contributed by atoms with van der Waals surface area (Å²) in [5.41, 5.74) is 0. The fourth-order valence-corrected chi connectivity index (χ4v) is 9.64. The van der Waals surface area contributed by atoms with E-state index >= 15 is 0 Å². The molecule has 0 saturated heterocycles. The van der Waals surface area contributed by atoms with Crippen LogP contribution in [0, 0.1) is 0 Å². The van der Waals surface area contributed by atoms with Crippen LogP contribution in [0.4, 0.5) is 0 Å². The maximum Gasteiger partial charge on any atom is 0.305 e. The van der Waals surface area contributed by atoms with Gasteiger partial charge in [0.25, 0.3) is 0 Å². The highest BCUT2D eigenvalue weighted by molar-refractivity contribution is 5.76. The Labute approximate surface area is 419 Å². The first kappa shape index (κ1) is 65.6. The number of unbranched alkanes of at least 4 members (excludes halogenated alkanes) is 44. The minimum atomic E-state index is -0.661. The van der Waals surface area contributed by atoms with Crippen LogP contribution in [-0.2, 0) is 14.3 Å². The molecule has 0 radical (unpaired) electrons. The van der Waals surface area contributed by atoms with E-state index in [1.54, 1.807) is 0 Å². The van der Waals surface area contributed by atoms with Crippen molar-refractivity contribution in [3.63, 3.8) is 0 Å². The highest BCUT2D eigenvalue weighted by Crippen LogP contribution is 2.18. The summed E-state index contributed by atoms with van der Waals surface area (Å²) in [5, 5.41) is 23.2. The topological polar surface area (TPSA) is 95.9 Å². The number of allylic oxidation sites excluding steroid dienone is 2. The molecule has 3 N–H and O–H groups in total. The molecule has 0 saturated carbocycles. The highest BCUT2D eigenvalue weighted by atomic mass is 16.5. The molecular formula is C61H119NO5. The average Bonchev–Trinajstić information content (AvgIpc) is 3.33. The van der Waals surface area contributed by atoms with Crippen molar-refractivity contribution in [3.05, 3.63) is 12.2 Å². The largest absolute Gasteiger partial charge is 0.466 e. The van der Waals surface area contributed by atoms with Crippen LogP contribution in [-0.4, -0.2) is 47.4 Å². The fraction of sp³-hybridized carbons (Fsp3) is 0.934. The summed E-state index contributed by atoms with van der Waals surface area (Å²) in [7, 11) is 0. The van der Waals surface area contributed by atoms with E-state index in [-0.39, 0.29) is 18.5 Å². The van der Waals surface area contributed by atoms with Gasteiger partial charge in [-0.2, -0.15) is 0 Å². The third-order valence-electron chi connectivity index (χ3n) is 14.3. The van der Waals surface area contributed by atoms with Crippen molar-refractivity contribution in [3.8, 4) is 0 Å². The smallest absolute Gasteiger partial charge is 0.305 e. The van der Waals surface area contributed by atoms with Crippen molar-refractivity contribution in [2.75, 3.05) is 13.2 Å². The Bertz CT molecular complexity index is 1000. The molecule has 0 aliphatic heterocycles. The molecule has 67 heavy (non-hydrogen) atoms. The number of carbonyl (C=O) groups excluding carboxylic acids is 2. The van der Waals surface area contributed by atoms with E-state index in [9.17, 15) is 19.8 Å². The van der Waals surface area contributed by atoms with E-state index in [1.807, 2.05) is 0 Å². The first-order chi connectivity index (χ1) is 33.0. The van der Waals surface area contributed by atoms with Gasteiger partial charge >= 0.3 is 5.97 Å². The summed E-state index contributed by atoms with van der Waals surface area (Å²) in [5.74, 6) is -0.0266. The van der Waals surface area contributed by atoms with E-state index < -0.39 is 12.1 Å². The van der Waals surface area contributed by atoms with E-state index in [1.165, 1.54) is 263 Å². The second-order valence-electron chi connectivity index (χ2n) is 21.0. The molecule has 0 aromatic carbocycles. The number of hydrogen-bond acceptors (Lipinski definition) is 5. The van der Waals surface area contributed by atoms with Crippen LogP contribution < -0.4 is 5.32 Å². The lowest BCUT2D eigenvalue weighted by molar-refractivity contribution is -0.143. The zero-order valence-electron chi connectivity index (χ0n) is 45.4. The highest BCUT2D eigenvalue weighted by Gasteiger charge is 2.20. The number of hydrogen-bond donors (Lipinski definition) is 3. The second kappa shape index (κ2) is 57.2. The van der Waals surface area contributed by atoms with Crippen LogP contribution >= 0.6 is 0 Å². The van der Waals surface area contributed by atoms with E-state index in [0.29, 0.717) is 25.9 Å². The van der Waals surface area contributed by atoms with Gasteiger partial charge in [-0.05, 0) is 51.4 Å². The summed E-state index contributed by atoms with van der Waals surface area (Å²) < 4.78 is 5.49. The van der Waals surface area contributed by atoms with Crippen LogP contribution in [0.25, 0.3) is 0 Å². The van der Waals surface area contributed by atoms with Crippen LogP contribution in [0.3, 0.4) is 0 Å². The maximum atomic E-state index is 12.4. The van der Waals surface area contributed by atoms with Gasteiger partial charge in [0.2, 0.25) is 5.91 Å². The predicted molar refractivity (Wildman–Crippen MR) is 292 cm³/mol. The van der Waals surface area contributed by atoms with Gasteiger partial charge in [-0.1, -0.05) is 289 Å². The molecule has 0 spiro atoms. The molecular weight excluding hydrogens is 827 g/mol. The molecule has 0 fully saturated rings. The average molecular weight is 947 g/mol. The van der Waals surface area contributed by atoms with Crippen LogP contribution in [0.5, 0.6) is 0 Å². The van der Waals surface area contributed by atoms with Gasteiger partial charge in [-0.3, -0.25) is 9.59 Å². The molecule has 0 aliphatic rings. The standard InChI is InChI=1S/C61H119NO5/c1-3-5-7-9-11-13-15-16-17-28-31-35-39-43-47-51-55-61(66)67-56-52-48-44-40-36-32-29-26-24-22-20-18-19-21-23-25-27-30-34-38-42-46-50-54-60(65)62-58(57-63)59(64)53-49-45-41-37-33-14-12-10-8-6-4-2/h17,28,58-59,63-64H,3-16,18-27,29-57H2,1-2H3,(H,62,65)/b28-17-. The van der Waals surface area contributed by atoms with Crippen molar-refractivity contribution < 1.29 is 24.5 Å². The van der Waals surface area contributed by atoms with Gasteiger partial charge in [-0.25, -0.2) is 0 Å². The molecule has 0 rings (SSSR count). The Kier molecular flexibility index (Phi) is 56.0. The lowest BCUT2D eigenvalue weighted by atomic mass is 10.0. The minimum Gasteiger partial charge on any atom is -0.466 e. The molecule has 2 atom stereocenters.